The van der Waals surface area contributed by atoms with Gasteiger partial charge in [0.25, 0.3) is 0 Å². The summed E-state index contributed by atoms with van der Waals surface area (Å²) in [7, 11) is 1.64. The molecule has 4 aromatic rings. The lowest BCUT2D eigenvalue weighted by molar-refractivity contribution is -0.171. The highest BCUT2D eigenvalue weighted by molar-refractivity contribution is 7.15. The maximum absolute atomic E-state index is 6.63. The van der Waals surface area contributed by atoms with Crippen LogP contribution in [-0.4, -0.2) is 28.9 Å². The highest BCUT2D eigenvalue weighted by Crippen LogP contribution is 2.48. The number of anilines is 1. The standard InChI is InChI=1S/C23H23ClN4O2S/c1-13-8-14(4-5-17(13)25)18-9-15-20(16(24)10-26-21(15)28-18)19-11-27-22(31-19)23(6-3-7-23)30-12-29-2/h4-5,8-11H,3,6-7,12,25H2,1-2H3,(H,26,28). The lowest BCUT2D eigenvalue weighted by atomic mass is 9.80. The molecule has 0 spiro atoms. The van der Waals surface area contributed by atoms with Crippen molar-refractivity contribution in [2.24, 2.45) is 0 Å². The van der Waals surface area contributed by atoms with Gasteiger partial charge in [-0.3, -0.25) is 0 Å². The summed E-state index contributed by atoms with van der Waals surface area (Å²) in [6, 6.07) is 8.09. The number of nitrogens with one attached hydrogen (secondary N) is 1. The second-order valence-corrected chi connectivity index (χ2v) is 9.36. The van der Waals surface area contributed by atoms with Gasteiger partial charge in [0.2, 0.25) is 0 Å². The Labute approximate surface area is 189 Å². The Kier molecular flexibility index (Phi) is 5.22. The molecule has 1 aliphatic carbocycles. The van der Waals surface area contributed by atoms with Crippen LogP contribution in [-0.2, 0) is 15.1 Å². The maximum atomic E-state index is 6.63. The van der Waals surface area contributed by atoms with Gasteiger partial charge in [-0.05, 0) is 55.5 Å². The minimum atomic E-state index is -0.345. The number of H-pyrrole nitrogens is 1. The number of hydrogen-bond donors (Lipinski definition) is 2. The Hall–Kier alpha value is -2.45. The van der Waals surface area contributed by atoms with Gasteiger partial charge in [0.15, 0.2) is 0 Å². The Bertz CT molecular complexity index is 1260. The molecular weight excluding hydrogens is 432 g/mol. The molecule has 6 nitrogen and oxygen atoms in total. The number of fused-ring (bicyclic) bond motifs is 1. The molecule has 3 aromatic heterocycles. The minimum Gasteiger partial charge on any atom is -0.399 e. The molecule has 1 aromatic carbocycles. The van der Waals surface area contributed by atoms with Crippen molar-refractivity contribution in [2.75, 3.05) is 19.6 Å². The van der Waals surface area contributed by atoms with Crippen molar-refractivity contribution in [1.29, 1.82) is 0 Å². The Morgan fingerprint density at radius 3 is 2.77 bits per heavy atom. The average Bonchev–Trinajstić information content (AvgIpc) is 3.37. The van der Waals surface area contributed by atoms with Gasteiger partial charge in [0.05, 0.1) is 9.90 Å². The number of nitrogens with two attached hydrogens (primary N) is 1. The number of rotatable bonds is 6. The second kappa shape index (κ2) is 7.91. The molecule has 0 bridgehead atoms. The molecule has 0 saturated heterocycles. The van der Waals surface area contributed by atoms with E-state index in [0.29, 0.717) is 5.02 Å². The third-order valence-corrected chi connectivity index (χ3v) is 7.44. The number of ether oxygens (including phenoxy) is 2. The van der Waals surface area contributed by atoms with E-state index in [1.807, 2.05) is 25.3 Å². The summed E-state index contributed by atoms with van der Waals surface area (Å²) in [5.74, 6) is 0. The topological polar surface area (TPSA) is 86.0 Å². The van der Waals surface area contributed by atoms with Crippen LogP contribution < -0.4 is 5.73 Å². The summed E-state index contributed by atoms with van der Waals surface area (Å²) >= 11 is 8.25. The molecule has 31 heavy (non-hydrogen) atoms. The summed E-state index contributed by atoms with van der Waals surface area (Å²) in [6.07, 6.45) is 6.60. The lowest BCUT2D eigenvalue weighted by Crippen LogP contribution is -2.37. The van der Waals surface area contributed by atoms with Crippen LogP contribution in [0.15, 0.2) is 36.7 Å². The number of benzene rings is 1. The molecule has 3 N–H and O–H groups in total. The largest absolute Gasteiger partial charge is 0.399 e. The Balaban J connectivity index is 1.57. The molecule has 0 atom stereocenters. The van der Waals surface area contributed by atoms with Gasteiger partial charge < -0.3 is 20.2 Å². The van der Waals surface area contributed by atoms with E-state index in [1.54, 1.807) is 24.6 Å². The molecule has 1 fully saturated rings. The first-order valence-corrected chi connectivity index (χ1v) is 11.3. The van der Waals surface area contributed by atoms with Crippen LogP contribution in [0.5, 0.6) is 0 Å². The molecule has 1 saturated carbocycles. The highest BCUT2D eigenvalue weighted by Gasteiger charge is 2.42. The van der Waals surface area contributed by atoms with Crippen molar-refractivity contribution < 1.29 is 9.47 Å². The zero-order valence-corrected chi connectivity index (χ0v) is 18.9. The third-order valence-electron chi connectivity index (χ3n) is 5.95. The van der Waals surface area contributed by atoms with Crippen LogP contribution in [0, 0.1) is 6.92 Å². The molecule has 1 aliphatic rings. The van der Waals surface area contributed by atoms with Crippen molar-refractivity contribution >= 4 is 39.7 Å². The van der Waals surface area contributed by atoms with Gasteiger partial charge in [-0.25, -0.2) is 9.97 Å². The van der Waals surface area contributed by atoms with E-state index in [4.69, 9.17) is 31.8 Å². The zero-order valence-electron chi connectivity index (χ0n) is 17.4. The normalized spacial score (nSPS) is 15.3. The number of thiazole rings is 1. The van der Waals surface area contributed by atoms with Gasteiger partial charge in [-0.1, -0.05) is 17.7 Å². The van der Waals surface area contributed by atoms with Crippen LogP contribution in [0.2, 0.25) is 5.02 Å². The van der Waals surface area contributed by atoms with Crippen molar-refractivity contribution in [3.8, 4) is 21.7 Å². The molecule has 0 unspecified atom stereocenters. The highest BCUT2D eigenvalue weighted by atomic mass is 35.5. The molecule has 5 rings (SSSR count). The molecule has 8 heteroatoms. The van der Waals surface area contributed by atoms with Crippen LogP contribution in [0.4, 0.5) is 5.69 Å². The van der Waals surface area contributed by atoms with E-state index in [0.717, 1.165) is 68.3 Å². The van der Waals surface area contributed by atoms with Crippen molar-refractivity contribution in [3.05, 3.63) is 52.3 Å². The van der Waals surface area contributed by atoms with Crippen LogP contribution in [0.3, 0.4) is 0 Å². The van der Waals surface area contributed by atoms with E-state index in [9.17, 15) is 0 Å². The first-order chi connectivity index (χ1) is 15.0. The summed E-state index contributed by atoms with van der Waals surface area (Å²) in [6.45, 7) is 2.26. The number of methoxy groups -OCH3 is 1. The van der Waals surface area contributed by atoms with Gasteiger partial charge in [0.1, 0.15) is 23.0 Å². The number of hydrogen-bond acceptors (Lipinski definition) is 6. The fraction of sp³-hybridized carbons (Fsp3) is 0.304. The maximum Gasteiger partial charge on any atom is 0.147 e. The fourth-order valence-electron chi connectivity index (χ4n) is 3.99. The molecule has 3 heterocycles. The molecule has 0 radical (unpaired) electrons. The monoisotopic (exact) mass is 454 g/mol. The second-order valence-electron chi connectivity index (χ2n) is 7.93. The van der Waals surface area contributed by atoms with E-state index in [2.05, 4.69) is 22.1 Å². The SMILES string of the molecule is COCOC1(c2ncc(-c3c(Cl)cnc4[nH]c(-c5ccc(N)c(C)c5)cc34)s2)CCC1. The predicted molar refractivity (Wildman–Crippen MR) is 125 cm³/mol. The smallest absolute Gasteiger partial charge is 0.147 e. The van der Waals surface area contributed by atoms with Crippen LogP contribution in [0.25, 0.3) is 32.7 Å². The quantitative estimate of drug-likeness (QED) is 0.280. The van der Waals surface area contributed by atoms with E-state index < -0.39 is 0 Å². The third kappa shape index (κ3) is 3.51. The summed E-state index contributed by atoms with van der Waals surface area (Å²) < 4.78 is 11.2. The lowest BCUT2D eigenvalue weighted by Gasteiger charge is -2.39. The molecule has 160 valence electrons. The number of nitrogen functional groups attached to an aromatic ring is 1. The summed E-state index contributed by atoms with van der Waals surface area (Å²) in [5.41, 5.74) is 11.2. The van der Waals surface area contributed by atoms with Crippen molar-refractivity contribution in [2.45, 2.75) is 31.8 Å². The Morgan fingerprint density at radius 2 is 2.06 bits per heavy atom. The molecular formula is C23H23ClN4O2S. The number of aromatic amines is 1. The van der Waals surface area contributed by atoms with Gasteiger partial charge in [-0.2, -0.15) is 0 Å². The number of aromatic nitrogens is 3. The fourth-order valence-corrected chi connectivity index (χ4v) is 5.49. The summed E-state index contributed by atoms with van der Waals surface area (Å²) in [5, 5.41) is 2.53. The number of aryl methyl sites for hydroxylation is 1. The van der Waals surface area contributed by atoms with Crippen molar-refractivity contribution in [1.82, 2.24) is 15.0 Å². The molecule has 0 aliphatic heterocycles. The zero-order chi connectivity index (χ0) is 21.6. The average molecular weight is 455 g/mol. The summed E-state index contributed by atoms with van der Waals surface area (Å²) in [4.78, 5) is 13.6. The van der Waals surface area contributed by atoms with Gasteiger partial charge in [0, 0.05) is 41.8 Å². The molecule has 0 amide bonds. The number of halogens is 1. The van der Waals surface area contributed by atoms with Gasteiger partial charge in [-0.15, -0.1) is 11.3 Å². The van der Waals surface area contributed by atoms with Gasteiger partial charge >= 0.3 is 0 Å². The first kappa shape index (κ1) is 20.5. The minimum absolute atomic E-state index is 0.261. The first-order valence-electron chi connectivity index (χ1n) is 10.1. The predicted octanol–water partition coefficient (Wildman–Crippen LogP) is 5.90. The van der Waals surface area contributed by atoms with Crippen LogP contribution >= 0.6 is 22.9 Å². The van der Waals surface area contributed by atoms with Crippen molar-refractivity contribution in [3.63, 3.8) is 0 Å². The van der Waals surface area contributed by atoms with Crippen LogP contribution in [0.1, 0.15) is 29.8 Å². The number of nitrogens with zero attached hydrogens (tertiary/aromatic N) is 2. The van der Waals surface area contributed by atoms with E-state index in [1.165, 1.54) is 0 Å². The Morgan fingerprint density at radius 1 is 1.23 bits per heavy atom. The van der Waals surface area contributed by atoms with E-state index in [-0.39, 0.29) is 12.4 Å². The van der Waals surface area contributed by atoms with E-state index >= 15 is 0 Å². The number of pyridine rings is 1.